The van der Waals surface area contributed by atoms with Crippen molar-refractivity contribution in [2.75, 3.05) is 0 Å². The third-order valence-electron chi connectivity index (χ3n) is 0.726. The van der Waals surface area contributed by atoms with Crippen LogP contribution in [0.2, 0.25) is 0 Å². The van der Waals surface area contributed by atoms with Crippen molar-refractivity contribution in [1.82, 2.24) is 0 Å². The van der Waals surface area contributed by atoms with Gasteiger partial charge in [0.05, 0.1) is 0 Å². The van der Waals surface area contributed by atoms with Crippen molar-refractivity contribution >= 4 is 33.7 Å². The number of halogens is 2. The Kier molecular flexibility index (Phi) is 1.47. The van der Waals surface area contributed by atoms with E-state index in [1.165, 1.54) is 0 Å². The van der Waals surface area contributed by atoms with Crippen molar-refractivity contribution in [1.29, 1.82) is 0 Å². The number of carbonyl (C=O) groups excluding carboxylic acids is 2. The highest BCUT2D eigenvalue weighted by atomic mass is 35.5. The smallest absolute Gasteiger partial charge is 0.291 e. The minimum atomic E-state index is -0.793. The Balaban J connectivity index is 2.71. The molecule has 1 rings (SSSR count). The lowest BCUT2D eigenvalue weighted by Crippen LogP contribution is -1.79. The van der Waals surface area contributed by atoms with E-state index in [1.54, 1.807) is 0 Å². The van der Waals surface area contributed by atoms with Crippen molar-refractivity contribution in [2.24, 2.45) is 0 Å². The van der Waals surface area contributed by atoms with Crippen LogP contribution in [-0.4, -0.2) is 10.5 Å². The molecule has 0 saturated heterocycles. The molecule has 0 aliphatic carbocycles. The Bertz CT molecular complexity index is 196. The average molecular weight is 167 g/mol. The Morgan fingerprint density at radius 2 is 1.44 bits per heavy atom. The maximum absolute atomic E-state index is 10.1. The fourth-order valence-electron chi connectivity index (χ4n) is 0.335. The van der Waals surface area contributed by atoms with E-state index < -0.39 is 10.5 Å². The predicted octanol–water partition coefficient (Wildman–Crippen LogP) is 0.759. The molecule has 0 unspecified atom stereocenters. The van der Waals surface area contributed by atoms with E-state index in [0.29, 0.717) is 0 Å². The molecule has 1 aliphatic rings. The van der Waals surface area contributed by atoms with Crippen molar-refractivity contribution in [3.8, 4) is 0 Å². The summed E-state index contributed by atoms with van der Waals surface area (Å²) in [6.07, 6.45) is 0. The zero-order chi connectivity index (χ0) is 7.02. The van der Waals surface area contributed by atoms with Crippen molar-refractivity contribution in [3.63, 3.8) is 0 Å². The third kappa shape index (κ3) is 1.23. The molecule has 48 valence electrons. The van der Waals surface area contributed by atoms with Crippen molar-refractivity contribution in [3.05, 3.63) is 11.5 Å². The Hall–Kier alpha value is -0.540. The Morgan fingerprint density at radius 3 is 1.56 bits per heavy atom. The summed E-state index contributed by atoms with van der Waals surface area (Å²) in [5.41, 5.74) is 0. The Morgan fingerprint density at radius 1 is 1.11 bits per heavy atom. The minimum Gasteiger partial charge on any atom is -0.439 e. The molecule has 0 aromatic heterocycles. The van der Waals surface area contributed by atoms with Crippen LogP contribution in [0.25, 0.3) is 0 Å². The lowest BCUT2D eigenvalue weighted by molar-refractivity contribution is -0.109. The first-order chi connectivity index (χ1) is 4.13. The van der Waals surface area contributed by atoms with Gasteiger partial charge in [0.2, 0.25) is 11.5 Å². The summed E-state index contributed by atoms with van der Waals surface area (Å²) in [5.74, 6) is -0.284. The molecule has 1 heterocycles. The molecule has 1 aliphatic heterocycles. The molecule has 0 spiro atoms. The van der Waals surface area contributed by atoms with Gasteiger partial charge in [0.1, 0.15) is 0 Å². The molecule has 0 amide bonds. The van der Waals surface area contributed by atoms with Gasteiger partial charge >= 0.3 is 0 Å². The van der Waals surface area contributed by atoms with Gasteiger partial charge in [-0.15, -0.1) is 0 Å². The second-order valence-electron chi connectivity index (χ2n) is 1.31. The number of carbonyl (C=O) groups is 2. The highest BCUT2D eigenvalue weighted by Crippen LogP contribution is 2.29. The standard InChI is InChI=1S/C4Cl2O3/c5-3(7)1-2(9-1)4(6)8. The normalized spacial score (nSPS) is 14.9. The molecule has 0 radical (unpaired) electrons. The molecular weight excluding hydrogens is 167 g/mol. The monoisotopic (exact) mass is 166 g/mol. The first kappa shape index (κ1) is 6.58. The largest absolute Gasteiger partial charge is 0.439 e. The van der Waals surface area contributed by atoms with E-state index in [2.05, 4.69) is 4.74 Å². The van der Waals surface area contributed by atoms with E-state index in [9.17, 15) is 9.59 Å². The summed E-state index contributed by atoms with van der Waals surface area (Å²) in [5, 5.41) is -1.59. The van der Waals surface area contributed by atoms with E-state index in [1.807, 2.05) is 0 Å². The number of ether oxygens (including phenoxy) is 1. The molecule has 0 saturated carbocycles. The quantitative estimate of drug-likeness (QED) is 0.570. The van der Waals surface area contributed by atoms with Crippen LogP contribution in [0, 0.1) is 0 Å². The molecular formula is C4Cl2O3. The first-order valence-electron chi connectivity index (χ1n) is 1.94. The van der Waals surface area contributed by atoms with E-state index in [0.717, 1.165) is 0 Å². The summed E-state index contributed by atoms with van der Waals surface area (Å²) in [7, 11) is 0. The number of hydrogen-bond acceptors (Lipinski definition) is 3. The predicted molar refractivity (Wildman–Crippen MR) is 29.8 cm³/mol. The second-order valence-corrected chi connectivity index (χ2v) is 1.99. The van der Waals surface area contributed by atoms with Crippen LogP contribution in [0.4, 0.5) is 0 Å². The summed E-state index contributed by atoms with van der Waals surface area (Å²) >= 11 is 9.76. The average Bonchev–Trinajstić information content (AvgIpc) is 2.39. The lowest BCUT2D eigenvalue weighted by Gasteiger charge is -1.67. The SMILES string of the molecule is O=C(Cl)C1=C(C(=O)Cl)O1. The van der Waals surface area contributed by atoms with Gasteiger partial charge in [0, 0.05) is 0 Å². The molecule has 0 aromatic carbocycles. The molecule has 0 aromatic rings. The molecule has 0 bridgehead atoms. The highest BCUT2D eigenvalue weighted by Gasteiger charge is 2.35. The van der Waals surface area contributed by atoms with Gasteiger partial charge in [-0.25, -0.2) is 0 Å². The van der Waals surface area contributed by atoms with Gasteiger partial charge in [0.25, 0.3) is 10.5 Å². The van der Waals surface area contributed by atoms with Gasteiger partial charge in [-0.1, -0.05) is 0 Å². The molecule has 9 heavy (non-hydrogen) atoms. The first-order valence-corrected chi connectivity index (χ1v) is 2.70. The number of rotatable bonds is 2. The number of hydrogen-bond donors (Lipinski definition) is 0. The summed E-state index contributed by atoms with van der Waals surface area (Å²) in [6, 6.07) is 0. The minimum absolute atomic E-state index is 0.142. The van der Waals surface area contributed by atoms with Crippen molar-refractivity contribution in [2.45, 2.75) is 0 Å². The van der Waals surface area contributed by atoms with Gasteiger partial charge in [-0.2, -0.15) is 0 Å². The zero-order valence-electron chi connectivity index (χ0n) is 3.98. The lowest BCUT2D eigenvalue weighted by atomic mass is 10.6. The summed E-state index contributed by atoms with van der Waals surface area (Å²) in [4.78, 5) is 20.2. The van der Waals surface area contributed by atoms with Gasteiger partial charge in [0.15, 0.2) is 0 Å². The molecule has 3 nitrogen and oxygen atoms in total. The molecule has 0 N–H and O–H groups in total. The fraction of sp³-hybridized carbons (Fsp3) is 0. The molecule has 5 heteroatoms. The van der Waals surface area contributed by atoms with Crippen LogP contribution < -0.4 is 0 Å². The maximum Gasteiger partial charge on any atom is 0.291 e. The zero-order valence-corrected chi connectivity index (χ0v) is 5.49. The van der Waals surface area contributed by atoms with E-state index in [4.69, 9.17) is 23.2 Å². The fourth-order valence-corrected chi connectivity index (χ4v) is 0.584. The maximum atomic E-state index is 10.1. The van der Waals surface area contributed by atoms with Crippen molar-refractivity contribution < 1.29 is 14.3 Å². The van der Waals surface area contributed by atoms with E-state index in [-0.39, 0.29) is 11.5 Å². The second kappa shape index (κ2) is 2.01. The highest BCUT2D eigenvalue weighted by molar-refractivity contribution is 6.72. The van der Waals surface area contributed by atoms with Gasteiger partial charge in [-0.05, 0) is 23.2 Å². The summed E-state index contributed by atoms with van der Waals surface area (Å²) < 4.78 is 4.31. The third-order valence-corrected chi connectivity index (χ3v) is 1.07. The van der Waals surface area contributed by atoms with Gasteiger partial charge < -0.3 is 4.74 Å². The van der Waals surface area contributed by atoms with Crippen LogP contribution in [0.1, 0.15) is 0 Å². The van der Waals surface area contributed by atoms with Crippen LogP contribution in [-0.2, 0) is 14.3 Å². The van der Waals surface area contributed by atoms with Crippen LogP contribution in [0.3, 0.4) is 0 Å². The van der Waals surface area contributed by atoms with Crippen LogP contribution in [0.5, 0.6) is 0 Å². The van der Waals surface area contributed by atoms with Crippen LogP contribution in [0.15, 0.2) is 11.5 Å². The van der Waals surface area contributed by atoms with Gasteiger partial charge in [-0.3, -0.25) is 9.59 Å². The molecule has 0 atom stereocenters. The summed E-state index contributed by atoms with van der Waals surface area (Å²) in [6.45, 7) is 0. The number of allylic oxidation sites excluding steroid dienone is 2. The van der Waals surface area contributed by atoms with Crippen LogP contribution >= 0.6 is 23.2 Å². The Labute approximate surface area is 60.2 Å². The topological polar surface area (TPSA) is 46.7 Å². The molecule has 0 fully saturated rings. The van der Waals surface area contributed by atoms with E-state index >= 15 is 0 Å².